The largest absolute Gasteiger partial charge is 0.465 e. The Balaban J connectivity index is 1.55. The van der Waals surface area contributed by atoms with Crippen LogP contribution in [-0.4, -0.2) is 30.8 Å². The van der Waals surface area contributed by atoms with Crippen LogP contribution in [0.1, 0.15) is 20.7 Å². The summed E-state index contributed by atoms with van der Waals surface area (Å²) in [6.07, 6.45) is 0. The van der Waals surface area contributed by atoms with E-state index in [1.54, 1.807) is 18.2 Å². The summed E-state index contributed by atoms with van der Waals surface area (Å²) in [5, 5.41) is 4.89. The SMILES string of the molecule is COC(=O)c1cccc(N2C(=O)C(Cl)=C(Nc3cccc(C(=O)Nc4ccccc4F)c3)C2=O)c1. The molecule has 2 N–H and O–H groups in total. The maximum absolute atomic E-state index is 13.9. The van der Waals surface area contributed by atoms with Crippen LogP contribution in [0.25, 0.3) is 0 Å². The smallest absolute Gasteiger partial charge is 0.337 e. The van der Waals surface area contributed by atoms with Crippen molar-refractivity contribution in [2.75, 3.05) is 22.6 Å². The van der Waals surface area contributed by atoms with E-state index in [1.807, 2.05) is 0 Å². The summed E-state index contributed by atoms with van der Waals surface area (Å²) in [7, 11) is 1.21. The van der Waals surface area contributed by atoms with E-state index in [9.17, 15) is 23.6 Å². The number of esters is 1. The minimum Gasteiger partial charge on any atom is -0.465 e. The molecule has 8 nitrogen and oxygen atoms in total. The summed E-state index contributed by atoms with van der Waals surface area (Å²) in [6.45, 7) is 0. The molecule has 3 aromatic carbocycles. The lowest BCUT2D eigenvalue weighted by molar-refractivity contribution is -0.120. The van der Waals surface area contributed by atoms with E-state index >= 15 is 0 Å². The molecule has 0 aromatic heterocycles. The van der Waals surface area contributed by atoms with E-state index in [0.29, 0.717) is 5.69 Å². The van der Waals surface area contributed by atoms with E-state index in [2.05, 4.69) is 15.4 Å². The van der Waals surface area contributed by atoms with E-state index in [-0.39, 0.29) is 33.2 Å². The molecule has 4 rings (SSSR count). The van der Waals surface area contributed by atoms with Crippen LogP contribution < -0.4 is 15.5 Å². The number of anilines is 3. The molecule has 0 saturated carbocycles. The Labute approximate surface area is 203 Å². The maximum Gasteiger partial charge on any atom is 0.337 e. The lowest BCUT2D eigenvalue weighted by atomic mass is 10.1. The Bertz CT molecular complexity index is 1410. The fraction of sp³-hybridized carbons (Fsp3) is 0.0400. The van der Waals surface area contributed by atoms with Gasteiger partial charge in [-0.05, 0) is 48.5 Å². The molecule has 35 heavy (non-hydrogen) atoms. The number of carbonyl (C=O) groups is 4. The van der Waals surface area contributed by atoms with Gasteiger partial charge in [-0.1, -0.05) is 35.9 Å². The summed E-state index contributed by atoms with van der Waals surface area (Å²) >= 11 is 6.17. The Morgan fingerprint density at radius 2 is 1.63 bits per heavy atom. The highest BCUT2D eigenvalue weighted by atomic mass is 35.5. The molecular weight excluding hydrogens is 477 g/mol. The Morgan fingerprint density at radius 1 is 0.914 bits per heavy atom. The van der Waals surface area contributed by atoms with Gasteiger partial charge in [0.25, 0.3) is 17.7 Å². The number of methoxy groups -OCH3 is 1. The van der Waals surface area contributed by atoms with Crippen LogP contribution in [0.5, 0.6) is 0 Å². The highest BCUT2D eigenvalue weighted by molar-refractivity contribution is 6.53. The Morgan fingerprint density at radius 3 is 2.37 bits per heavy atom. The van der Waals surface area contributed by atoms with Crippen molar-refractivity contribution < 1.29 is 28.3 Å². The third-order valence-electron chi connectivity index (χ3n) is 5.07. The maximum atomic E-state index is 13.9. The van der Waals surface area contributed by atoms with Crippen LogP contribution in [-0.2, 0) is 14.3 Å². The van der Waals surface area contributed by atoms with Crippen LogP contribution in [0.15, 0.2) is 83.5 Å². The fourth-order valence-electron chi connectivity index (χ4n) is 3.38. The van der Waals surface area contributed by atoms with Gasteiger partial charge >= 0.3 is 5.97 Å². The van der Waals surface area contributed by atoms with Crippen LogP contribution in [0, 0.1) is 5.82 Å². The second-order valence-electron chi connectivity index (χ2n) is 7.32. The van der Waals surface area contributed by atoms with Crippen LogP contribution in [0.4, 0.5) is 21.5 Å². The second kappa shape index (κ2) is 9.78. The fourth-order valence-corrected chi connectivity index (χ4v) is 3.59. The van der Waals surface area contributed by atoms with Gasteiger partial charge < -0.3 is 15.4 Å². The lowest BCUT2D eigenvalue weighted by Gasteiger charge is -2.16. The quantitative estimate of drug-likeness (QED) is 0.392. The van der Waals surface area contributed by atoms with Gasteiger partial charge in [0.1, 0.15) is 16.5 Å². The van der Waals surface area contributed by atoms with Gasteiger partial charge in [-0.2, -0.15) is 0 Å². The minimum absolute atomic E-state index is 0.0167. The number of imide groups is 1. The topological polar surface area (TPSA) is 105 Å². The highest BCUT2D eigenvalue weighted by Gasteiger charge is 2.39. The Kier molecular flexibility index (Phi) is 6.61. The first-order chi connectivity index (χ1) is 16.8. The number of benzene rings is 3. The number of amides is 3. The number of carbonyl (C=O) groups excluding carboxylic acids is 4. The zero-order valence-electron chi connectivity index (χ0n) is 18.2. The van der Waals surface area contributed by atoms with E-state index in [4.69, 9.17) is 11.6 Å². The molecule has 0 aliphatic carbocycles. The van der Waals surface area contributed by atoms with Crippen LogP contribution >= 0.6 is 11.6 Å². The van der Waals surface area contributed by atoms with Gasteiger partial charge in [0.2, 0.25) is 0 Å². The van der Waals surface area contributed by atoms with Gasteiger partial charge in [-0.15, -0.1) is 0 Å². The summed E-state index contributed by atoms with van der Waals surface area (Å²) in [6, 6.07) is 17.6. The summed E-state index contributed by atoms with van der Waals surface area (Å²) < 4.78 is 18.5. The van der Waals surface area contributed by atoms with Gasteiger partial charge in [-0.3, -0.25) is 14.4 Å². The monoisotopic (exact) mass is 493 g/mol. The van der Waals surface area contributed by atoms with E-state index in [0.717, 1.165) is 4.90 Å². The van der Waals surface area contributed by atoms with E-state index < -0.39 is 29.5 Å². The van der Waals surface area contributed by atoms with Crippen molar-refractivity contribution in [2.24, 2.45) is 0 Å². The second-order valence-corrected chi connectivity index (χ2v) is 7.69. The summed E-state index contributed by atoms with van der Waals surface area (Å²) in [5.74, 6) is -3.32. The zero-order valence-corrected chi connectivity index (χ0v) is 18.9. The molecule has 10 heteroatoms. The number of ether oxygens (including phenoxy) is 1. The molecule has 176 valence electrons. The van der Waals surface area contributed by atoms with Crippen molar-refractivity contribution in [2.45, 2.75) is 0 Å². The number of nitrogens with one attached hydrogen (secondary N) is 2. The molecule has 1 aliphatic rings. The van der Waals surface area contributed by atoms with Gasteiger partial charge in [0, 0.05) is 11.3 Å². The molecule has 0 spiro atoms. The van der Waals surface area contributed by atoms with E-state index in [1.165, 1.54) is 61.7 Å². The van der Waals surface area contributed by atoms with Gasteiger partial charge in [-0.25, -0.2) is 14.1 Å². The highest BCUT2D eigenvalue weighted by Crippen LogP contribution is 2.31. The van der Waals surface area contributed by atoms with Crippen LogP contribution in [0.2, 0.25) is 0 Å². The first-order valence-corrected chi connectivity index (χ1v) is 10.6. The predicted molar refractivity (Wildman–Crippen MR) is 128 cm³/mol. The number of rotatable bonds is 6. The molecule has 0 fully saturated rings. The normalized spacial score (nSPS) is 13.2. The minimum atomic E-state index is -0.783. The molecule has 3 aromatic rings. The predicted octanol–water partition coefficient (Wildman–Crippen LogP) is 4.30. The molecule has 1 aliphatic heterocycles. The third kappa shape index (κ3) is 4.75. The van der Waals surface area contributed by atoms with Crippen molar-refractivity contribution in [1.29, 1.82) is 0 Å². The molecule has 3 amide bonds. The van der Waals surface area contributed by atoms with Crippen molar-refractivity contribution in [3.8, 4) is 0 Å². The number of nitrogens with zero attached hydrogens (tertiary/aromatic N) is 1. The van der Waals surface area contributed by atoms with Crippen molar-refractivity contribution in [3.63, 3.8) is 0 Å². The average molecular weight is 494 g/mol. The third-order valence-corrected chi connectivity index (χ3v) is 5.42. The van der Waals surface area contributed by atoms with Crippen molar-refractivity contribution in [3.05, 3.63) is 100 Å². The molecule has 0 radical (unpaired) electrons. The number of hydrogen-bond acceptors (Lipinski definition) is 6. The molecule has 0 atom stereocenters. The number of hydrogen-bond donors (Lipinski definition) is 2. The summed E-state index contributed by atoms with van der Waals surface area (Å²) in [5.41, 5.74) is 0.572. The summed E-state index contributed by atoms with van der Waals surface area (Å²) in [4.78, 5) is 51.0. The zero-order chi connectivity index (χ0) is 25.1. The van der Waals surface area contributed by atoms with Gasteiger partial charge in [0.05, 0.1) is 24.0 Å². The molecular formula is C25H17ClFN3O5. The Hall–Kier alpha value is -4.50. The van der Waals surface area contributed by atoms with Crippen LogP contribution in [0.3, 0.4) is 0 Å². The molecule has 1 heterocycles. The number of halogens is 2. The first kappa shape index (κ1) is 23.7. The van der Waals surface area contributed by atoms with Crippen molar-refractivity contribution in [1.82, 2.24) is 0 Å². The first-order valence-electron chi connectivity index (χ1n) is 10.2. The lowest BCUT2D eigenvalue weighted by Crippen LogP contribution is -2.32. The molecule has 0 saturated heterocycles. The number of para-hydroxylation sites is 1. The van der Waals surface area contributed by atoms with Gasteiger partial charge in [0.15, 0.2) is 0 Å². The van der Waals surface area contributed by atoms with Crippen molar-refractivity contribution >= 4 is 52.4 Å². The molecule has 0 bridgehead atoms. The molecule has 0 unspecified atom stereocenters. The average Bonchev–Trinajstić information content (AvgIpc) is 3.08. The standard InChI is InChI=1S/C25H17ClFN3O5/c1-35-25(34)15-7-5-9-17(13-15)30-23(32)20(26)21(24(30)33)28-16-8-4-6-14(12-16)22(31)29-19-11-3-2-10-18(19)27/h2-13,28H,1H3,(H,29,31).